The second-order valence-electron chi connectivity index (χ2n) is 4.89. The van der Waals surface area contributed by atoms with Gasteiger partial charge in [0.1, 0.15) is 11.8 Å². The Morgan fingerprint density at radius 3 is 2.27 bits per heavy atom. The Kier molecular flexibility index (Phi) is 8.30. The fourth-order valence-corrected chi connectivity index (χ4v) is 2.77. The smallest absolute Gasteiger partial charge is 0.408 e. The molecule has 0 radical (unpaired) electrons. The Balaban J connectivity index is 0.00000220. The first-order valence-electron chi connectivity index (χ1n) is 6.31. The number of phenolic OH excluding ortho intramolecular Hbond substituents is 1. The maximum Gasteiger partial charge on any atom is 0.408 e. The molecule has 3 nitrogen and oxygen atoms in total. The highest BCUT2D eigenvalue weighted by atomic mass is 35.5. The van der Waals surface area contributed by atoms with Crippen LogP contribution in [0.25, 0.3) is 0 Å². The number of benzene rings is 1. The highest BCUT2D eigenvalue weighted by molar-refractivity contribution is 6.30. The van der Waals surface area contributed by atoms with E-state index in [0.717, 1.165) is 0 Å². The van der Waals surface area contributed by atoms with Gasteiger partial charge >= 0.3 is 6.18 Å². The molecule has 0 aromatic heterocycles. The zero-order valence-corrected chi connectivity index (χ0v) is 14.2. The summed E-state index contributed by atoms with van der Waals surface area (Å²) in [6, 6.07) is 0.817. The molecule has 1 aromatic rings. The highest BCUT2D eigenvalue weighted by Gasteiger charge is 2.46. The Labute approximate surface area is 144 Å². The summed E-state index contributed by atoms with van der Waals surface area (Å²) in [4.78, 5) is 1.32. The van der Waals surface area contributed by atoms with Crippen LogP contribution in [0.5, 0.6) is 5.75 Å². The first-order chi connectivity index (χ1) is 9.30. The van der Waals surface area contributed by atoms with Gasteiger partial charge in [0.05, 0.1) is 0 Å². The largest absolute Gasteiger partial charge is 0.507 e. The van der Waals surface area contributed by atoms with Crippen LogP contribution in [0.2, 0.25) is 5.02 Å². The Hall–Kier alpha value is -0.400. The zero-order valence-electron chi connectivity index (χ0n) is 11.8. The van der Waals surface area contributed by atoms with Crippen molar-refractivity contribution < 1.29 is 18.3 Å². The number of piperazine rings is 1. The van der Waals surface area contributed by atoms with E-state index in [0.29, 0.717) is 18.7 Å². The highest BCUT2D eigenvalue weighted by Crippen LogP contribution is 2.43. The fourth-order valence-electron chi connectivity index (χ4n) is 2.49. The summed E-state index contributed by atoms with van der Waals surface area (Å²) in [6.45, 7) is 3.07. The number of nitrogens with zero attached hydrogens (tertiary/aromatic N) is 1. The van der Waals surface area contributed by atoms with Crippen molar-refractivity contribution in [2.75, 3.05) is 26.2 Å². The summed E-state index contributed by atoms with van der Waals surface area (Å²) >= 11 is 5.85. The molecule has 128 valence electrons. The summed E-state index contributed by atoms with van der Waals surface area (Å²) in [5.74, 6) is -0.338. The lowest BCUT2D eigenvalue weighted by Crippen LogP contribution is -2.49. The van der Waals surface area contributed by atoms with Crippen LogP contribution in [0, 0.1) is 6.92 Å². The van der Waals surface area contributed by atoms with Gasteiger partial charge in [0, 0.05) is 36.8 Å². The monoisotopic (exact) mass is 380 g/mol. The number of rotatable bonds is 2. The van der Waals surface area contributed by atoms with E-state index in [1.54, 1.807) is 0 Å². The van der Waals surface area contributed by atoms with E-state index in [1.807, 2.05) is 0 Å². The Bertz CT molecular complexity index is 494. The van der Waals surface area contributed by atoms with E-state index in [9.17, 15) is 18.3 Å². The van der Waals surface area contributed by atoms with Crippen molar-refractivity contribution >= 4 is 36.4 Å². The summed E-state index contributed by atoms with van der Waals surface area (Å²) in [7, 11) is 0. The molecule has 1 heterocycles. The van der Waals surface area contributed by atoms with E-state index in [-0.39, 0.29) is 54.2 Å². The molecule has 0 bridgehead atoms. The van der Waals surface area contributed by atoms with Crippen molar-refractivity contribution in [3.63, 3.8) is 0 Å². The standard InChI is InChI=1S/C13H16ClF3N2O.2ClH/c1-8-6-9(14)7-10(11(8)20)12(13(15,16)17)19-4-2-18-3-5-19;;/h6-7,12,18,20H,2-5H2,1H3;2*1H/t12-;;/m1../s1. The predicted molar refractivity (Wildman–Crippen MR) is 85.6 cm³/mol. The van der Waals surface area contributed by atoms with Crippen molar-refractivity contribution in [2.45, 2.75) is 19.1 Å². The third kappa shape index (κ3) is 4.80. The van der Waals surface area contributed by atoms with E-state index in [4.69, 9.17) is 11.6 Å². The molecule has 0 aliphatic carbocycles. The third-order valence-corrected chi connectivity index (χ3v) is 3.63. The lowest BCUT2D eigenvalue weighted by molar-refractivity contribution is -0.188. The number of alkyl halides is 3. The second-order valence-corrected chi connectivity index (χ2v) is 5.33. The summed E-state index contributed by atoms with van der Waals surface area (Å²) in [6.07, 6.45) is -4.47. The molecule has 1 saturated heterocycles. The molecule has 1 aliphatic rings. The van der Waals surface area contributed by atoms with Gasteiger partial charge in [-0.1, -0.05) is 11.6 Å². The molecular formula is C13H18Cl3F3N2O. The van der Waals surface area contributed by atoms with Crippen LogP contribution < -0.4 is 5.32 Å². The topological polar surface area (TPSA) is 35.5 Å². The van der Waals surface area contributed by atoms with Gasteiger partial charge in [0.15, 0.2) is 0 Å². The van der Waals surface area contributed by atoms with Crippen LogP contribution in [-0.2, 0) is 0 Å². The Morgan fingerprint density at radius 2 is 1.77 bits per heavy atom. The molecule has 1 fully saturated rings. The molecule has 1 atom stereocenters. The van der Waals surface area contributed by atoms with Gasteiger partial charge in [-0.3, -0.25) is 4.90 Å². The minimum Gasteiger partial charge on any atom is -0.507 e. The summed E-state index contributed by atoms with van der Waals surface area (Å²) in [5.41, 5.74) is 0.168. The lowest BCUT2D eigenvalue weighted by atomic mass is 10.00. The number of halogens is 6. The normalized spacial score (nSPS) is 17.3. The summed E-state index contributed by atoms with van der Waals surface area (Å²) in [5, 5.41) is 13.2. The minimum absolute atomic E-state index is 0. The van der Waals surface area contributed by atoms with Gasteiger partial charge in [0.2, 0.25) is 0 Å². The van der Waals surface area contributed by atoms with Crippen molar-refractivity contribution in [3.05, 3.63) is 28.3 Å². The first kappa shape index (κ1) is 21.6. The van der Waals surface area contributed by atoms with Crippen LogP contribution in [-0.4, -0.2) is 42.4 Å². The fraction of sp³-hybridized carbons (Fsp3) is 0.538. The maximum atomic E-state index is 13.4. The molecule has 2 N–H and O–H groups in total. The SMILES string of the molecule is Cc1cc(Cl)cc([C@@H](N2CCNCC2)C(F)(F)F)c1O.Cl.Cl. The van der Waals surface area contributed by atoms with Crippen molar-refractivity contribution in [2.24, 2.45) is 0 Å². The maximum absolute atomic E-state index is 13.4. The van der Waals surface area contributed by atoms with E-state index >= 15 is 0 Å². The lowest BCUT2D eigenvalue weighted by Gasteiger charge is -2.36. The van der Waals surface area contributed by atoms with E-state index in [2.05, 4.69) is 5.32 Å². The number of hydrogen-bond acceptors (Lipinski definition) is 3. The van der Waals surface area contributed by atoms with Crippen LogP contribution in [0.3, 0.4) is 0 Å². The van der Waals surface area contributed by atoms with Gasteiger partial charge in [-0.05, 0) is 24.6 Å². The predicted octanol–water partition coefficient (Wildman–Crippen LogP) is 3.71. The average molecular weight is 382 g/mol. The minimum atomic E-state index is -4.47. The number of hydrogen-bond donors (Lipinski definition) is 2. The van der Waals surface area contributed by atoms with Gasteiger partial charge in [-0.2, -0.15) is 13.2 Å². The number of aromatic hydroxyl groups is 1. The average Bonchev–Trinajstić information content (AvgIpc) is 2.35. The molecule has 1 aliphatic heterocycles. The van der Waals surface area contributed by atoms with E-state index in [1.165, 1.54) is 24.0 Å². The van der Waals surface area contributed by atoms with Crippen LogP contribution in [0.4, 0.5) is 13.2 Å². The van der Waals surface area contributed by atoms with Gasteiger partial charge in [0.25, 0.3) is 0 Å². The number of nitrogens with one attached hydrogen (secondary N) is 1. The molecule has 0 spiro atoms. The molecule has 22 heavy (non-hydrogen) atoms. The number of aryl methyl sites for hydroxylation is 1. The first-order valence-corrected chi connectivity index (χ1v) is 6.69. The molecule has 1 aromatic carbocycles. The Morgan fingerprint density at radius 1 is 1.23 bits per heavy atom. The van der Waals surface area contributed by atoms with Gasteiger partial charge in [-0.25, -0.2) is 0 Å². The van der Waals surface area contributed by atoms with Crippen LogP contribution in [0.1, 0.15) is 17.2 Å². The zero-order chi connectivity index (χ0) is 14.9. The van der Waals surface area contributed by atoms with Crippen molar-refractivity contribution in [1.82, 2.24) is 10.2 Å². The van der Waals surface area contributed by atoms with Crippen molar-refractivity contribution in [1.29, 1.82) is 0 Å². The molecule has 0 saturated carbocycles. The summed E-state index contributed by atoms with van der Waals surface area (Å²) < 4.78 is 40.3. The van der Waals surface area contributed by atoms with Gasteiger partial charge < -0.3 is 10.4 Å². The molecule has 0 unspecified atom stereocenters. The van der Waals surface area contributed by atoms with E-state index < -0.39 is 12.2 Å². The molecular weight excluding hydrogens is 364 g/mol. The third-order valence-electron chi connectivity index (χ3n) is 3.42. The molecule has 0 amide bonds. The van der Waals surface area contributed by atoms with Crippen LogP contribution in [0.15, 0.2) is 12.1 Å². The van der Waals surface area contributed by atoms with Crippen molar-refractivity contribution in [3.8, 4) is 5.75 Å². The number of phenols is 1. The van der Waals surface area contributed by atoms with Gasteiger partial charge in [-0.15, -0.1) is 24.8 Å². The van der Waals surface area contributed by atoms with Crippen LogP contribution >= 0.6 is 36.4 Å². The second kappa shape index (κ2) is 8.45. The molecule has 2 rings (SSSR count). The quantitative estimate of drug-likeness (QED) is 0.820. The molecule has 9 heteroatoms.